The van der Waals surface area contributed by atoms with E-state index in [0.29, 0.717) is 11.8 Å². The van der Waals surface area contributed by atoms with Crippen LogP contribution in [0.3, 0.4) is 0 Å². The van der Waals surface area contributed by atoms with E-state index in [1.54, 1.807) is 6.07 Å². The first kappa shape index (κ1) is 22.4. The number of rotatable bonds is 6. The molecule has 2 aromatic rings. The second-order valence-electron chi connectivity index (χ2n) is 6.40. The lowest BCUT2D eigenvalue weighted by Gasteiger charge is -2.33. The third-order valence-electron chi connectivity index (χ3n) is 4.70. The minimum atomic E-state index is -4.24. The molecule has 30 heavy (non-hydrogen) atoms. The highest BCUT2D eigenvalue weighted by Crippen LogP contribution is 2.31. The first-order chi connectivity index (χ1) is 14.1. The highest BCUT2D eigenvalue weighted by Gasteiger charge is 2.36. The zero-order valence-corrected chi connectivity index (χ0v) is 17.8. The Bertz CT molecular complexity index is 1150. The van der Waals surface area contributed by atoms with Gasteiger partial charge in [-0.25, -0.2) is 25.6 Å². The number of methoxy groups -OCH3 is 2. The Hall–Kier alpha value is -2.28. The van der Waals surface area contributed by atoms with Gasteiger partial charge >= 0.3 is 0 Å². The van der Waals surface area contributed by atoms with Crippen LogP contribution in [0.4, 0.5) is 8.78 Å². The number of hydrogen-bond acceptors (Lipinski definition) is 6. The Morgan fingerprint density at radius 2 is 1.33 bits per heavy atom. The van der Waals surface area contributed by atoms with Gasteiger partial charge in [0.25, 0.3) is 0 Å². The SMILES string of the molecule is COc1ccc(OC)c(S(=O)(=O)N2CCN(S(=O)(=O)c3ccc(F)cc3F)CC2)c1. The van der Waals surface area contributed by atoms with Gasteiger partial charge in [0, 0.05) is 38.3 Å². The molecule has 0 amide bonds. The average molecular weight is 462 g/mol. The molecule has 1 saturated heterocycles. The van der Waals surface area contributed by atoms with E-state index in [0.717, 1.165) is 20.7 Å². The average Bonchev–Trinajstić information content (AvgIpc) is 2.73. The van der Waals surface area contributed by atoms with E-state index in [9.17, 15) is 25.6 Å². The molecule has 0 aliphatic carbocycles. The number of hydrogen-bond donors (Lipinski definition) is 0. The van der Waals surface area contributed by atoms with E-state index in [4.69, 9.17) is 9.47 Å². The monoisotopic (exact) mass is 462 g/mol. The van der Waals surface area contributed by atoms with Gasteiger partial charge in [0.2, 0.25) is 20.0 Å². The van der Waals surface area contributed by atoms with Crippen LogP contribution in [-0.4, -0.2) is 65.8 Å². The molecule has 0 aromatic heterocycles. The topological polar surface area (TPSA) is 93.2 Å². The maximum atomic E-state index is 14.0. The summed E-state index contributed by atoms with van der Waals surface area (Å²) >= 11 is 0. The molecule has 0 bridgehead atoms. The Kier molecular flexibility index (Phi) is 6.32. The summed E-state index contributed by atoms with van der Waals surface area (Å²) in [6.45, 7) is -0.676. The van der Waals surface area contributed by atoms with Crippen LogP contribution >= 0.6 is 0 Å². The molecule has 1 aliphatic rings. The standard InChI is InChI=1S/C18H20F2N2O6S2/c1-27-14-4-5-16(28-2)18(12-14)30(25,26)22-9-7-21(8-10-22)29(23,24)17-6-3-13(19)11-15(17)20/h3-6,11-12H,7-10H2,1-2H3. The molecule has 3 rings (SSSR count). The fourth-order valence-electron chi connectivity index (χ4n) is 3.10. The number of piperazine rings is 1. The summed E-state index contributed by atoms with van der Waals surface area (Å²) < 4.78 is 90.9. The molecule has 164 valence electrons. The van der Waals surface area contributed by atoms with Crippen LogP contribution in [0.15, 0.2) is 46.2 Å². The molecule has 0 N–H and O–H groups in total. The molecule has 0 saturated carbocycles. The fourth-order valence-corrected chi connectivity index (χ4v) is 6.16. The Labute approximate surface area is 173 Å². The van der Waals surface area contributed by atoms with E-state index in [1.165, 1.54) is 26.4 Å². The van der Waals surface area contributed by atoms with Crippen LogP contribution < -0.4 is 9.47 Å². The normalized spacial score (nSPS) is 16.4. The Morgan fingerprint density at radius 3 is 1.83 bits per heavy atom. The zero-order chi connectivity index (χ0) is 22.1. The third kappa shape index (κ3) is 4.13. The molecule has 0 spiro atoms. The predicted octanol–water partition coefficient (Wildman–Crippen LogP) is 1.68. The lowest BCUT2D eigenvalue weighted by molar-refractivity contribution is 0.271. The summed E-state index contributed by atoms with van der Waals surface area (Å²) in [5.41, 5.74) is 0. The van der Waals surface area contributed by atoms with Gasteiger partial charge in [0.15, 0.2) is 0 Å². The summed E-state index contributed by atoms with van der Waals surface area (Å²) in [6.07, 6.45) is 0. The molecule has 8 nitrogen and oxygen atoms in total. The summed E-state index contributed by atoms with van der Waals surface area (Å²) in [5.74, 6) is -1.65. The molecule has 1 fully saturated rings. The minimum absolute atomic E-state index is 0.106. The largest absolute Gasteiger partial charge is 0.497 e. The summed E-state index contributed by atoms with van der Waals surface area (Å²) in [6, 6.07) is 6.53. The van der Waals surface area contributed by atoms with Crippen LogP contribution in [0.1, 0.15) is 0 Å². The second kappa shape index (κ2) is 8.46. The molecule has 1 aliphatic heterocycles. The van der Waals surface area contributed by atoms with Crippen molar-refractivity contribution in [3.05, 3.63) is 48.0 Å². The molecule has 0 unspecified atom stereocenters. The zero-order valence-electron chi connectivity index (χ0n) is 16.2. The van der Waals surface area contributed by atoms with Gasteiger partial charge in [0.1, 0.15) is 32.9 Å². The van der Waals surface area contributed by atoms with Gasteiger partial charge in [-0.3, -0.25) is 0 Å². The highest BCUT2D eigenvalue weighted by atomic mass is 32.2. The summed E-state index contributed by atoms with van der Waals surface area (Å²) in [7, 11) is -5.51. The molecule has 0 radical (unpaired) electrons. The number of sulfonamides is 2. The number of ether oxygens (including phenoxy) is 2. The molecular formula is C18H20F2N2O6S2. The first-order valence-corrected chi connectivity index (χ1v) is 11.7. The first-order valence-electron chi connectivity index (χ1n) is 8.78. The van der Waals surface area contributed by atoms with Gasteiger partial charge < -0.3 is 9.47 Å². The van der Waals surface area contributed by atoms with E-state index in [2.05, 4.69) is 0 Å². The molecule has 2 aromatic carbocycles. The van der Waals surface area contributed by atoms with Gasteiger partial charge in [0.05, 0.1) is 14.2 Å². The fraction of sp³-hybridized carbons (Fsp3) is 0.333. The summed E-state index contributed by atoms with van der Waals surface area (Å²) in [4.78, 5) is -0.764. The predicted molar refractivity (Wildman–Crippen MR) is 103 cm³/mol. The maximum absolute atomic E-state index is 14.0. The quantitative estimate of drug-likeness (QED) is 0.649. The molecule has 0 atom stereocenters. The Morgan fingerprint density at radius 1 is 0.767 bits per heavy atom. The van der Waals surface area contributed by atoms with E-state index >= 15 is 0 Å². The van der Waals surface area contributed by atoms with Crippen molar-refractivity contribution in [2.24, 2.45) is 0 Å². The Balaban J connectivity index is 1.83. The van der Waals surface area contributed by atoms with Crippen LogP contribution in [0, 0.1) is 11.6 Å². The van der Waals surface area contributed by atoms with Crippen molar-refractivity contribution in [1.29, 1.82) is 0 Å². The maximum Gasteiger partial charge on any atom is 0.246 e. The number of nitrogens with zero attached hydrogens (tertiary/aromatic N) is 2. The van der Waals surface area contributed by atoms with E-state index < -0.39 is 36.6 Å². The van der Waals surface area contributed by atoms with Crippen LogP contribution in [0.25, 0.3) is 0 Å². The van der Waals surface area contributed by atoms with Gasteiger partial charge in [-0.05, 0) is 24.3 Å². The molecule has 1 heterocycles. The van der Waals surface area contributed by atoms with Crippen molar-refractivity contribution in [1.82, 2.24) is 8.61 Å². The third-order valence-corrected chi connectivity index (χ3v) is 8.55. The van der Waals surface area contributed by atoms with Gasteiger partial charge in [-0.15, -0.1) is 0 Å². The van der Waals surface area contributed by atoms with Gasteiger partial charge in [-0.2, -0.15) is 8.61 Å². The van der Waals surface area contributed by atoms with Crippen molar-refractivity contribution < 1.29 is 35.1 Å². The van der Waals surface area contributed by atoms with Gasteiger partial charge in [-0.1, -0.05) is 0 Å². The van der Waals surface area contributed by atoms with E-state index in [-0.39, 0.29) is 36.8 Å². The van der Waals surface area contributed by atoms with Crippen LogP contribution in [0.5, 0.6) is 11.5 Å². The van der Waals surface area contributed by atoms with Crippen molar-refractivity contribution in [3.63, 3.8) is 0 Å². The summed E-state index contributed by atoms with van der Waals surface area (Å²) in [5, 5.41) is 0. The van der Waals surface area contributed by atoms with Crippen LogP contribution in [0.2, 0.25) is 0 Å². The van der Waals surface area contributed by atoms with Crippen molar-refractivity contribution >= 4 is 20.0 Å². The van der Waals surface area contributed by atoms with Crippen LogP contribution in [-0.2, 0) is 20.0 Å². The second-order valence-corrected chi connectivity index (χ2v) is 10.2. The smallest absolute Gasteiger partial charge is 0.246 e. The lowest BCUT2D eigenvalue weighted by atomic mass is 10.3. The minimum Gasteiger partial charge on any atom is -0.497 e. The van der Waals surface area contributed by atoms with Crippen molar-refractivity contribution in [3.8, 4) is 11.5 Å². The van der Waals surface area contributed by atoms with E-state index in [1.807, 2.05) is 0 Å². The molecule has 12 heteroatoms. The van der Waals surface area contributed by atoms with Crippen molar-refractivity contribution in [2.45, 2.75) is 9.79 Å². The lowest BCUT2D eigenvalue weighted by Crippen LogP contribution is -2.50. The number of benzene rings is 2. The van der Waals surface area contributed by atoms with Crippen molar-refractivity contribution in [2.75, 3.05) is 40.4 Å². The molecular weight excluding hydrogens is 442 g/mol. The number of halogens is 2. The highest BCUT2D eigenvalue weighted by molar-refractivity contribution is 7.89.